The molecule has 1 aromatic rings. The van der Waals surface area contributed by atoms with E-state index in [2.05, 4.69) is 24.1 Å². The normalized spacial score (nSPS) is 17.2. The quantitative estimate of drug-likeness (QED) is 0.792. The van der Waals surface area contributed by atoms with E-state index >= 15 is 0 Å². The van der Waals surface area contributed by atoms with Gasteiger partial charge in [-0.15, -0.1) is 24.8 Å². The molecule has 0 spiro atoms. The largest absolute Gasteiger partial charge is 0.507 e. The molecule has 140 valence electrons. The molecule has 0 bridgehead atoms. The van der Waals surface area contributed by atoms with Crippen molar-refractivity contribution in [1.29, 1.82) is 0 Å². The summed E-state index contributed by atoms with van der Waals surface area (Å²) < 4.78 is 10.8. The van der Waals surface area contributed by atoms with E-state index in [1.807, 2.05) is 6.07 Å². The summed E-state index contributed by atoms with van der Waals surface area (Å²) in [5.74, 6) is 1.98. The minimum absolute atomic E-state index is 0. The maximum atomic E-state index is 10.6. The lowest BCUT2D eigenvalue weighted by Crippen LogP contribution is -2.46. The van der Waals surface area contributed by atoms with Gasteiger partial charge < -0.3 is 19.9 Å². The van der Waals surface area contributed by atoms with Crippen LogP contribution in [-0.4, -0.2) is 50.4 Å². The minimum Gasteiger partial charge on any atom is -0.507 e. The molecule has 1 heterocycles. The summed E-state index contributed by atoms with van der Waals surface area (Å²) in [6.07, 6.45) is 1.04. The van der Waals surface area contributed by atoms with E-state index in [0.717, 1.165) is 38.2 Å². The Balaban J connectivity index is 0.00000264. The van der Waals surface area contributed by atoms with Crippen molar-refractivity contribution in [1.82, 2.24) is 10.2 Å². The molecule has 2 N–H and O–H groups in total. The first-order valence-corrected chi connectivity index (χ1v) is 8.02. The van der Waals surface area contributed by atoms with E-state index in [1.54, 1.807) is 20.3 Å². The van der Waals surface area contributed by atoms with Crippen LogP contribution in [0.3, 0.4) is 0 Å². The van der Waals surface area contributed by atoms with Gasteiger partial charge in [0.1, 0.15) is 17.2 Å². The third-order valence-electron chi connectivity index (χ3n) is 4.57. The van der Waals surface area contributed by atoms with Crippen LogP contribution >= 0.6 is 24.8 Å². The molecule has 0 amide bonds. The van der Waals surface area contributed by atoms with Crippen molar-refractivity contribution in [3.63, 3.8) is 0 Å². The first-order chi connectivity index (χ1) is 10.6. The van der Waals surface area contributed by atoms with Gasteiger partial charge in [-0.2, -0.15) is 0 Å². The van der Waals surface area contributed by atoms with E-state index in [4.69, 9.17) is 9.47 Å². The molecule has 2 atom stereocenters. The molecule has 24 heavy (non-hydrogen) atoms. The lowest BCUT2D eigenvalue weighted by atomic mass is 9.89. The Morgan fingerprint density at radius 1 is 1.17 bits per heavy atom. The van der Waals surface area contributed by atoms with Crippen molar-refractivity contribution in [3.8, 4) is 17.2 Å². The third kappa shape index (κ3) is 5.06. The molecule has 0 saturated carbocycles. The second-order valence-electron chi connectivity index (χ2n) is 5.88. The van der Waals surface area contributed by atoms with Gasteiger partial charge in [-0.25, -0.2) is 0 Å². The van der Waals surface area contributed by atoms with Crippen molar-refractivity contribution < 1.29 is 14.6 Å². The molecule has 2 rings (SSSR count). The summed E-state index contributed by atoms with van der Waals surface area (Å²) in [6.45, 7) is 8.33. The predicted octanol–water partition coefficient (Wildman–Crippen LogP) is 3.25. The average Bonchev–Trinajstić information content (AvgIpc) is 2.56. The third-order valence-corrected chi connectivity index (χ3v) is 4.57. The van der Waals surface area contributed by atoms with Crippen LogP contribution in [0.15, 0.2) is 12.1 Å². The first kappa shape index (κ1) is 23.1. The fraction of sp³-hybridized carbons (Fsp3) is 0.647. The fourth-order valence-corrected chi connectivity index (χ4v) is 3.18. The van der Waals surface area contributed by atoms with Gasteiger partial charge in [0.15, 0.2) is 0 Å². The highest BCUT2D eigenvalue weighted by Crippen LogP contribution is 2.43. The molecule has 0 radical (unpaired) electrons. The van der Waals surface area contributed by atoms with Crippen molar-refractivity contribution in [2.75, 3.05) is 40.4 Å². The Hall–Kier alpha value is -0.880. The van der Waals surface area contributed by atoms with E-state index in [0.29, 0.717) is 17.4 Å². The van der Waals surface area contributed by atoms with Crippen LogP contribution < -0.4 is 14.8 Å². The number of nitrogens with zero attached hydrogens (tertiary/aromatic N) is 1. The number of phenolic OH excluding ortho intramolecular Hbond substituents is 1. The number of phenols is 1. The molecule has 1 fully saturated rings. The number of methoxy groups -OCH3 is 2. The van der Waals surface area contributed by atoms with Gasteiger partial charge in [0.2, 0.25) is 0 Å². The predicted molar refractivity (Wildman–Crippen MR) is 102 cm³/mol. The highest BCUT2D eigenvalue weighted by molar-refractivity contribution is 5.85. The Morgan fingerprint density at radius 2 is 1.79 bits per heavy atom. The van der Waals surface area contributed by atoms with Crippen molar-refractivity contribution in [3.05, 3.63) is 17.7 Å². The van der Waals surface area contributed by atoms with Gasteiger partial charge in [-0.3, -0.25) is 4.90 Å². The van der Waals surface area contributed by atoms with Crippen molar-refractivity contribution in [2.45, 2.75) is 26.3 Å². The van der Waals surface area contributed by atoms with Crippen LogP contribution in [0, 0.1) is 5.92 Å². The molecular formula is C17H30Cl2N2O3. The van der Waals surface area contributed by atoms with E-state index in [-0.39, 0.29) is 36.6 Å². The molecule has 0 aromatic heterocycles. The van der Waals surface area contributed by atoms with Gasteiger partial charge in [-0.05, 0) is 5.92 Å². The number of halogens is 2. The second kappa shape index (κ2) is 10.9. The zero-order chi connectivity index (χ0) is 16.1. The van der Waals surface area contributed by atoms with Crippen LogP contribution in [0.25, 0.3) is 0 Å². The van der Waals surface area contributed by atoms with Gasteiger partial charge in [0.25, 0.3) is 0 Å². The number of piperazine rings is 1. The topological polar surface area (TPSA) is 54.0 Å². The number of rotatable bonds is 6. The maximum absolute atomic E-state index is 10.6. The van der Waals surface area contributed by atoms with Crippen LogP contribution in [0.4, 0.5) is 0 Å². The van der Waals surface area contributed by atoms with Crippen molar-refractivity contribution >= 4 is 24.8 Å². The Labute approximate surface area is 157 Å². The van der Waals surface area contributed by atoms with E-state index in [9.17, 15) is 5.11 Å². The highest BCUT2D eigenvalue weighted by atomic mass is 35.5. The summed E-state index contributed by atoms with van der Waals surface area (Å²) in [5, 5.41) is 14.0. The summed E-state index contributed by atoms with van der Waals surface area (Å²) >= 11 is 0. The summed E-state index contributed by atoms with van der Waals surface area (Å²) in [6, 6.07) is 3.68. The number of nitrogens with one attached hydrogen (secondary N) is 1. The second-order valence-corrected chi connectivity index (χ2v) is 5.88. The van der Waals surface area contributed by atoms with Gasteiger partial charge in [0.05, 0.1) is 19.8 Å². The lowest BCUT2D eigenvalue weighted by molar-refractivity contribution is 0.123. The van der Waals surface area contributed by atoms with Crippen LogP contribution in [0.2, 0.25) is 0 Å². The molecule has 1 unspecified atom stereocenters. The van der Waals surface area contributed by atoms with E-state index < -0.39 is 0 Å². The van der Waals surface area contributed by atoms with Crippen LogP contribution in [0.5, 0.6) is 17.2 Å². The molecule has 1 aliphatic heterocycles. The van der Waals surface area contributed by atoms with Crippen LogP contribution in [0.1, 0.15) is 31.9 Å². The smallest absolute Gasteiger partial charge is 0.131 e. The highest BCUT2D eigenvalue weighted by Gasteiger charge is 2.31. The molecule has 1 aliphatic rings. The lowest BCUT2D eigenvalue weighted by Gasteiger charge is -2.39. The number of hydrogen-bond acceptors (Lipinski definition) is 5. The fourth-order valence-electron chi connectivity index (χ4n) is 3.18. The maximum Gasteiger partial charge on any atom is 0.131 e. The first-order valence-electron chi connectivity index (χ1n) is 8.02. The summed E-state index contributed by atoms with van der Waals surface area (Å²) in [7, 11) is 3.24. The van der Waals surface area contributed by atoms with Gasteiger partial charge in [-0.1, -0.05) is 20.3 Å². The SMILES string of the molecule is CCC(C)[C@H](c1c(O)cc(OC)cc1OC)N1CCNCC1.Cl.Cl. The monoisotopic (exact) mass is 380 g/mol. The summed E-state index contributed by atoms with van der Waals surface area (Å²) in [4.78, 5) is 2.44. The molecule has 0 aliphatic carbocycles. The molecular weight excluding hydrogens is 351 g/mol. The zero-order valence-corrected chi connectivity index (χ0v) is 16.5. The molecule has 7 heteroatoms. The number of hydrogen-bond donors (Lipinski definition) is 2. The minimum atomic E-state index is 0. The Bertz CT molecular complexity index is 497. The summed E-state index contributed by atoms with van der Waals surface area (Å²) in [5.41, 5.74) is 0.875. The standard InChI is InChI=1S/C17H28N2O3.2ClH/c1-5-12(2)17(19-8-6-18-7-9-19)16-14(20)10-13(21-3)11-15(16)22-4;;/h10-12,17-18,20H,5-9H2,1-4H3;2*1H/t12?,17-;;/m1../s1. The van der Waals surface area contributed by atoms with Crippen LogP contribution in [-0.2, 0) is 0 Å². The number of ether oxygens (including phenoxy) is 2. The zero-order valence-electron chi connectivity index (χ0n) is 14.9. The average molecular weight is 381 g/mol. The number of benzene rings is 1. The molecule has 1 aromatic carbocycles. The molecule has 5 nitrogen and oxygen atoms in total. The van der Waals surface area contributed by atoms with E-state index in [1.165, 1.54) is 0 Å². The van der Waals surface area contributed by atoms with Crippen molar-refractivity contribution in [2.24, 2.45) is 5.92 Å². The van der Waals surface area contributed by atoms with Gasteiger partial charge >= 0.3 is 0 Å². The Morgan fingerprint density at radius 3 is 2.29 bits per heavy atom. The number of aromatic hydroxyl groups is 1. The molecule has 1 saturated heterocycles. The Kier molecular flexibility index (Phi) is 10.5. The van der Waals surface area contributed by atoms with Gasteiger partial charge in [0, 0.05) is 44.4 Å².